The molecule has 0 radical (unpaired) electrons. The number of aromatic nitrogens is 1. The van der Waals surface area contributed by atoms with E-state index >= 15 is 0 Å². The first-order valence-corrected chi connectivity index (χ1v) is 7.51. The molecule has 0 N–H and O–H groups in total. The fraction of sp³-hybridized carbons (Fsp3) is 0.250. The van der Waals surface area contributed by atoms with Crippen molar-refractivity contribution >= 4 is 29.0 Å². The Kier molecular flexibility index (Phi) is 3.87. The predicted octanol–water partition coefficient (Wildman–Crippen LogP) is 3.72. The molecular formula is C16H13Cl2NO2. The maximum Gasteiger partial charge on any atom is 0.251 e. The van der Waals surface area contributed by atoms with Gasteiger partial charge < -0.3 is 4.57 Å². The molecule has 1 aromatic carbocycles. The SMILES string of the molecule is O=C1CCCc2c1ccc(=O)n2Cc1ccc(Cl)c(Cl)c1. The Balaban J connectivity index is 2.06. The molecule has 0 atom stereocenters. The second kappa shape index (κ2) is 5.66. The topological polar surface area (TPSA) is 39.1 Å². The molecule has 1 aliphatic carbocycles. The molecule has 0 unspecified atom stereocenters. The van der Waals surface area contributed by atoms with Crippen LogP contribution in [-0.2, 0) is 13.0 Å². The molecule has 2 aromatic rings. The first kappa shape index (κ1) is 14.4. The number of hydrogen-bond acceptors (Lipinski definition) is 2. The van der Waals surface area contributed by atoms with Gasteiger partial charge in [0.2, 0.25) is 0 Å². The number of hydrogen-bond donors (Lipinski definition) is 0. The maximum absolute atomic E-state index is 12.1. The third-order valence-corrected chi connectivity index (χ3v) is 4.48. The van der Waals surface area contributed by atoms with Crippen LogP contribution in [0.4, 0.5) is 0 Å². The van der Waals surface area contributed by atoms with Crippen LogP contribution in [0.1, 0.15) is 34.5 Å². The Morgan fingerprint density at radius 1 is 1.00 bits per heavy atom. The summed E-state index contributed by atoms with van der Waals surface area (Å²) in [5.41, 5.74) is 2.28. The standard InChI is InChI=1S/C16H13Cl2NO2/c17-12-6-4-10(8-13(12)18)9-19-14-2-1-3-15(20)11(14)5-7-16(19)21/h4-8H,1-3,9H2. The van der Waals surface area contributed by atoms with Gasteiger partial charge in [-0.2, -0.15) is 0 Å². The zero-order valence-corrected chi connectivity index (χ0v) is 12.7. The molecule has 0 saturated carbocycles. The van der Waals surface area contributed by atoms with E-state index in [0.717, 1.165) is 24.1 Å². The van der Waals surface area contributed by atoms with E-state index in [0.29, 0.717) is 28.6 Å². The van der Waals surface area contributed by atoms with Gasteiger partial charge in [-0.3, -0.25) is 9.59 Å². The molecule has 0 fully saturated rings. The summed E-state index contributed by atoms with van der Waals surface area (Å²) in [4.78, 5) is 24.1. The van der Waals surface area contributed by atoms with Gasteiger partial charge >= 0.3 is 0 Å². The number of carbonyl (C=O) groups excluding carboxylic acids is 1. The van der Waals surface area contributed by atoms with Gasteiger partial charge in [0, 0.05) is 23.7 Å². The van der Waals surface area contributed by atoms with Crippen LogP contribution in [0.2, 0.25) is 10.0 Å². The molecule has 1 aromatic heterocycles. The van der Waals surface area contributed by atoms with E-state index in [1.54, 1.807) is 22.8 Å². The van der Waals surface area contributed by atoms with Crippen molar-refractivity contribution in [2.45, 2.75) is 25.8 Å². The van der Waals surface area contributed by atoms with Crippen LogP contribution in [0.25, 0.3) is 0 Å². The van der Waals surface area contributed by atoms with Crippen LogP contribution in [0.15, 0.2) is 35.1 Å². The first-order valence-electron chi connectivity index (χ1n) is 6.76. The van der Waals surface area contributed by atoms with E-state index < -0.39 is 0 Å². The molecular weight excluding hydrogens is 309 g/mol. The van der Waals surface area contributed by atoms with Crippen molar-refractivity contribution in [3.8, 4) is 0 Å². The fourth-order valence-electron chi connectivity index (χ4n) is 2.69. The Bertz CT molecular complexity index is 780. The number of pyridine rings is 1. The lowest BCUT2D eigenvalue weighted by atomic mass is 9.94. The van der Waals surface area contributed by atoms with Gasteiger partial charge in [-0.15, -0.1) is 0 Å². The van der Waals surface area contributed by atoms with Crippen molar-refractivity contribution in [2.24, 2.45) is 0 Å². The minimum Gasteiger partial charge on any atom is -0.308 e. The number of fused-ring (bicyclic) bond motifs is 1. The van der Waals surface area contributed by atoms with Gasteiger partial charge in [0.15, 0.2) is 5.78 Å². The van der Waals surface area contributed by atoms with Gasteiger partial charge in [-0.05, 0) is 36.6 Å². The smallest absolute Gasteiger partial charge is 0.251 e. The lowest BCUT2D eigenvalue weighted by Crippen LogP contribution is -2.28. The van der Waals surface area contributed by atoms with Gasteiger partial charge in [0.25, 0.3) is 5.56 Å². The Labute approximate surface area is 132 Å². The monoisotopic (exact) mass is 321 g/mol. The Morgan fingerprint density at radius 3 is 2.57 bits per heavy atom. The summed E-state index contributed by atoms with van der Waals surface area (Å²) >= 11 is 11.9. The third kappa shape index (κ3) is 2.76. The summed E-state index contributed by atoms with van der Waals surface area (Å²) in [7, 11) is 0. The molecule has 0 saturated heterocycles. The number of benzene rings is 1. The number of ketones is 1. The highest BCUT2D eigenvalue weighted by atomic mass is 35.5. The molecule has 3 nitrogen and oxygen atoms in total. The first-order chi connectivity index (χ1) is 10.1. The van der Waals surface area contributed by atoms with Gasteiger partial charge in [-0.25, -0.2) is 0 Å². The summed E-state index contributed by atoms with van der Waals surface area (Å²) < 4.78 is 1.66. The molecule has 21 heavy (non-hydrogen) atoms. The predicted molar refractivity (Wildman–Crippen MR) is 83.5 cm³/mol. The number of Topliss-reactive ketones (excluding diaryl/α,β-unsaturated/α-hetero) is 1. The second-order valence-corrected chi connectivity index (χ2v) is 5.96. The molecule has 5 heteroatoms. The molecule has 0 bridgehead atoms. The third-order valence-electron chi connectivity index (χ3n) is 3.74. The summed E-state index contributed by atoms with van der Waals surface area (Å²) in [6.45, 7) is 0.395. The van der Waals surface area contributed by atoms with E-state index in [-0.39, 0.29) is 11.3 Å². The van der Waals surface area contributed by atoms with Crippen molar-refractivity contribution in [3.63, 3.8) is 0 Å². The van der Waals surface area contributed by atoms with E-state index in [9.17, 15) is 9.59 Å². The van der Waals surface area contributed by atoms with Crippen molar-refractivity contribution in [1.82, 2.24) is 4.57 Å². The molecule has 0 amide bonds. The lowest BCUT2D eigenvalue weighted by Gasteiger charge is -2.20. The minimum atomic E-state index is -0.102. The number of halogens is 2. The largest absolute Gasteiger partial charge is 0.308 e. The van der Waals surface area contributed by atoms with Crippen molar-refractivity contribution in [2.75, 3.05) is 0 Å². The molecule has 3 rings (SSSR count). The average molecular weight is 322 g/mol. The zero-order valence-electron chi connectivity index (χ0n) is 11.2. The average Bonchev–Trinajstić information content (AvgIpc) is 2.46. The summed E-state index contributed by atoms with van der Waals surface area (Å²) in [6, 6.07) is 8.40. The number of nitrogens with zero attached hydrogens (tertiary/aromatic N) is 1. The highest BCUT2D eigenvalue weighted by Crippen LogP contribution is 2.24. The van der Waals surface area contributed by atoms with Gasteiger partial charge in [-0.1, -0.05) is 29.3 Å². The van der Waals surface area contributed by atoms with E-state index in [1.807, 2.05) is 6.07 Å². The van der Waals surface area contributed by atoms with Crippen LogP contribution in [0, 0.1) is 0 Å². The molecule has 1 aliphatic rings. The fourth-order valence-corrected chi connectivity index (χ4v) is 3.01. The van der Waals surface area contributed by atoms with E-state index in [2.05, 4.69) is 0 Å². The van der Waals surface area contributed by atoms with Gasteiger partial charge in [0.05, 0.1) is 16.6 Å². The van der Waals surface area contributed by atoms with Crippen LogP contribution < -0.4 is 5.56 Å². The summed E-state index contributed by atoms with van der Waals surface area (Å²) in [6.07, 6.45) is 2.09. The van der Waals surface area contributed by atoms with Crippen LogP contribution >= 0.6 is 23.2 Å². The van der Waals surface area contributed by atoms with Crippen molar-refractivity contribution in [1.29, 1.82) is 0 Å². The summed E-state index contributed by atoms with van der Waals surface area (Å²) in [5.74, 6) is 0.110. The summed E-state index contributed by atoms with van der Waals surface area (Å²) in [5, 5.41) is 0.945. The van der Waals surface area contributed by atoms with Crippen molar-refractivity contribution < 1.29 is 4.79 Å². The highest BCUT2D eigenvalue weighted by molar-refractivity contribution is 6.42. The minimum absolute atomic E-state index is 0.102. The molecule has 1 heterocycles. The number of carbonyl (C=O) groups is 1. The molecule has 0 spiro atoms. The van der Waals surface area contributed by atoms with Crippen molar-refractivity contribution in [3.05, 3.63) is 67.6 Å². The van der Waals surface area contributed by atoms with Crippen LogP contribution in [0.5, 0.6) is 0 Å². The normalized spacial score (nSPS) is 14.1. The number of rotatable bonds is 2. The van der Waals surface area contributed by atoms with E-state index in [4.69, 9.17) is 23.2 Å². The lowest BCUT2D eigenvalue weighted by molar-refractivity contribution is 0.0970. The second-order valence-electron chi connectivity index (χ2n) is 5.14. The van der Waals surface area contributed by atoms with Gasteiger partial charge in [0.1, 0.15) is 0 Å². The van der Waals surface area contributed by atoms with Crippen LogP contribution in [0.3, 0.4) is 0 Å². The van der Waals surface area contributed by atoms with E-state index in [1.165, 1.54) is 6.07 Å². The van der Waals surface area contributed by atoms with Crippen LogP contribution in [-0.4, -0.2) is 10.4 Å². The Morgan fingerprint density at radius 2 is 1.81 bits per heavy atom. The molecule has 0 aliphatic heterocycles. The maximum atomic E-state index is 12.1. The molecule has 108 valence electrons. The quantitative estimate of drug-likeness (QED) is 0.845. The Hall–Kier alpha value is -1.58. The zero-order chi connectivity index (χ0) is 15.0. The highest BCUT2D eigenvalue weighted by Gasteiger charge is 2.20.